The zero-order valence-corrected chi connectivity index (χ0v) is 18.9. The Bertz CT molecular complexity index is 1050. The molecule has 0 saturated carbocycles. The topological polar surface area (TPSA) is 82.6 Å². The van der Waals surface area contributed by atoms with Gasteiger partial charge in [0, 0.05) is 31.7 Å². The summed E-state index contributed by atoms with van der Waals surface area (Å²) in [6.07, 6.45) is -0.243. The summed E-state index contributed by atoms with van der Waals surface area (Å²) in [6, 6.07) is 14.8. The zero-order valence-electron chi connectivity index (χ0n) is 18.9. The molecule has 0 unspecified atom stereocenters. The second-order valence-corrected chi connectivity index (χ2v) is 9.12. The first kappa shape index (κ1) is 21.9. The molecule has 8 nitrogen and oxygen atoms in total. The van der Waals surface area contributed by atoms with Crippen LogP contribution < -0.4 is 9.47 Å². The number of benzene rings is 2. The number of hydrogen-bond donors (Lipinski definition) is 1. The van der Waals surface area contributed by atoms with Crippen molar-refractivity contribution in [2.75, 3.05) is 33.9 Å². The summed E-state index contributed by atoms with van der Waals surface area (Å²) >= 11 is 0. The van der Waals surface area contributed by atoms with Gasteiger partial charge in [0.2, 0.25) is 5.91 Å². The van der Waals surface area contributed by atoms with Crippen LogP contribution in [0.5, 0.6) is 11.5 Å². The van der Waals surface area contributed by atoms with Crippen LogP contribution in [-0.4, -0.2) is 83.2 Å². The maximum atomic E-state index is 13.7. The van der Waals surface area contributed by atoms with E-state index >= 15 is 0 Å². The number of imide groups is 1. The number of methoxy groups -OCH3 is 2. The summed E-state index contributed by atoms with van der Waals surface area (Å²) in [5.74, 6) is 1.15. The molecular formula is C25H29N3O5. The lowest BCUT2D eigenvalue weighted by molar-refractivity contribution is -0.181. The Balaban J connectivity index is 1.38. The number of nitrogens with zero attached hydrogens (tertiary/aromatic N) is 3. The van der Waals surface area contributed by atoms with Crippen molar-refractivity contribution in [3.8, 4) is 11.5 Å². The third-order valence-corrected chi connectivity index (χ3v) is 7.08. The van der Waals surface area contributed by atoms with Crippen LogP contribution >= 0.6 is 0 Å². The number of carbonyl (C=O) groups is 2. The fraction of sp³-hybridized carbons (Fsp3) is 0.440. The molecule has 2 aromatic rings. The van der Waals surface area contributed by atoms with Gasteiger partial charge in [-0.1, -0.05) is 30.3 Å². The molecule has 3 saturated heterocycles. The number of aliphatic hydroxyl groups excluding tert-OH is 1. The van der Waals surface area contributed by atoms with Gasteiger partial charge in [0.15, 0.2) is 0 Å². The molecule has 5 rings (SSSR count). The van der Waals surface area contributed by atoms with E-state index in [1.54, 1.807) is 14.2 Å². The Hall–Kier alpha value is -2.94. The lowest BCUT2D eigenvalue weighted by atomic mass is 9.82. The van der Waals surface area contributed by atoms with Crippen LogP contribution in [-0.2, 0) is 22.7 Å². The predicted octanol–water partition coefficient (Wildman–Crippen LogP) is 1.26. The fourth-order valence-electron chi connectivity index (χ4n) is 5.43. The van der Waals surface area contributed by atoms with E-state index in [9.17, 15) is 14.7 Å². The Labute approximate surface area is 193 Å². The molecule has 0 bridgehead atoms. The third-order valence-electron chi connectivity index (χ3n) is 7.08. The number of aliphatic hydroxyl groups is 1. The van der Waals surface area contributed by atoms with Crippen LogP contribution in [0.4, 0.5) is 0 Å². The van der Waals surface area contributed by atoms with Crippen LogP contribution in [0, 0.1) is 0 Å². The minimum absolute atomic E-state index is 0.176. The largest absolute Gasteiger partial charge is 0.497 e. The van der Waals surface area contributed by atoms with Crippen molar-refractivity contribution in [1.82, 2.24) is 14.7 Å². The minimum Gasteiger partial charge on any atom is -0.497 e. The highest BCUT2D eigenvalue weighted by molar-refractivity contribution is 6.06. The van der Waals surface area contributed by atoms with Gasteiger partial charge in [-0.15, -0.1) is 0 Å². The van der Waals surface area contributed by atoms with Gasteiger partial charge in [-0.2, -0.15) is 0 Å². The Morgan fingerprint density at radius 1 is 1.00 bits per heavy atom. The second-order valence-electron chi connectivity index (χ2n) is 9.12. The first-order chi connectivity index (χ1) is 15.9. The van der Waals surface area contributed by atoms with E-state index in [4.69, 9.17) is 9.47 Å². The van der Waals surface area contributed by atoms with Gasteiger partial charge < -0.3 is 14.6 Å². The smallest absolute Gasteiger partial charge is 0.252 e. The first-order valence-corrected chi connectivity index (χ1v) is 11.2. The van der Waals surface area contributed by atoms with E-state index in [0.29, 0.717) is 32.6 Å². The number of β-amino-alcohol motifs (C(OH)–C–C–N with tert-alkyl or cyclic N) is 1. The molecule has 0 aromatic heterocycles. The monoisotopic (exact) mass is 451 g/mol. The summed E-state index contributed by atoms with van der Waals surface area (Å²) in [4.78, 5) is 32.5. The second kappa shape index (κ2) is 8.44. The summed E-state index contributed by atoms with van der Waals surface area (Å²) in [7, 11) is 3.25. The molecule has 0 aliphatic carbocycles. The molecule has 174 valence electrons. The Kier molecular flexibility index (Phi) is 5.60. The van der Waals surface area contributed by atoms with Gasteiger partial charge in [-0.25, -0.2) is 0 Å². The van der Waals surface area contributed by atoms with Gasteiger partial charge in [0.25, 0.3) is 5.91 Å². The van der Waals surface area contributed by atoms with Crippen molar-refractivity contribution < 1.29 is 24.2 Å². The normalized spacial score (nSPS) is 24.6. The first-order valence-electron chi connectivity index (χ1n) is 11.2. The minimum atomic E-state index is -0.787. The van der Waals surface area contributed by atoms with Crippen LogP contribution in [0.1, 0.15) is 17.5 Å². The van der Waals surface area contributed by atoms with Crippen molar-refractivity contribution in [2.24, 2.45) is 0 Å². The molecule has 2 atom stereocenters. The number of para-hydroxylation sites is 1. The van der Waals surface area contributed by atoms with Gasteiger partial charge >= 0.3 is 0 Å². The fourth-order valence-corrected chi connectivity index (χ4v) is 5.43. The number of ether oxygens (including phenoxy) is 2. The number of piperazine rings is 1. The molecule has 2 aromatic carbocycles. The molecule has 3 aliphatic rings. The predicted molar refractivity (Wildman–Crippen MR) is 121 cm³/mol. The lowest BCUT2D eigenvalue weighted by Gasteiger charge is -2.58. The number of fused-ring (bicyclic) bond motifs is 2. The summed E-state index contributed by atoms with van der Waals surface area (Å²) in [6.45, 7) is 2.25. The van der Waals surface area contributed by atoms with E-state index in [1.807, 2.05) is 53.4 Å². The summed E-state index contributed by atoms with van der Waals surface area (Å²) in [5, 5.41) is 10.4. The van der Waals surface area contributed by atoms with Gasteiger partial charge in [-0.3, -0.25) is 24.3 Å². The molecule has 33 heavy (non-hydrogen) atoms. The van der Waals surface area contributed by atoms with E-state index < -0.39 is 17.7 Å². The number of carbonyl (C=O) groups excluding carboxylic acids is 2. The van der Waals surface area contributed by atoms with Crippen molar-refractivity contribution in [3.05, 3.63) is 59.7 Å². The third kappa shape index (κ3) is 3.68. The van der Waals surface area contributed by atoms with Crippen LogP contribution in [0.15, 0.2) is 48.5 Å². The summed E-state index contributed by atoms with van der Waals surface area (Å²) in [5.41, 5.74) is 1.14. The molecule has 8 heteroatoms. The highest BCUT2D eigenvalue weighted by Gasteiger charge is 2.64. The Morgan fingerprint density at radius 3 is 2.42 bits per heavy atom. The molecule has 3 fully saturated rings. The SMILES string of the molecule is COc1ccc(CN2C(=O)[C@@H]3C[C@@H](O)CN3C3(CN(Cc4ccccc4OC)C3)C2=O)cc1. The number of amides is 2. The van der Waals surface area contributed by atoms with E-state index in [2.05, 4.69) is 4.90 Å². The highest BCUT2D eigenvalue weighted by atomic mass is 16.5. The van der Waals surface area contributed by atoms with E-state index in [1.165, 1.54) is 4.90 Å². The Morgan fingerprint density at radius 2 is 1.73 bits per heavy atom. The maximum Gasteiger partial charge on any atom is 0.252 e. The molecular weight excluding hydrogens is 422 g/mol. The molecule has 2 amide bonds. The zero-order chi connectivity index (χ0) is 23.2. The van der Waals surface area contributed by atoms with Gasteiger partial charge in [-0.05, 0) is 30.2 Å². The van der Waals surface area contributed by atoms with Crippen molar-refractivity contribution in [1.29, 1.82) is 0 Å². The van der Waals surface area contributed by atoms with E-state index in [-0.39, 0.29) is 18.4 Å². The van der Waals surface area contributed by atoms with Crippen molar-refractivity contribution in [3.63, 3.8) is 0 Å². The van der Waals surface area contributed by atoms with Gasteiger partial charge in [0.05, 0.1) is 32.9 Å². The van der Waals surface area contributed by atoms with Crippen molar-refractivity contribution in [2.45, 2.75) is 37.2 Å². The maximum absolute atomic E-state index is 13.7. The van der Waals surface area contributed by atoms with Gasteiger partial charge in [0.1, 0.15) is 17.0 Å². The molecule has 0 radical (unpaired) electrons. The number of likely N-dealkylation sites (tertiary alicyclic amines) is 1. The van der Waals surface area contributed by atoms with Crippen molar-refractivity contribution >= 4 is 11.8 Å². The molecule has 3 heterocycles. The summed E-state index contributed by atoms with van der Waals surface area (Å²) < 4.78 is 10.7. The van der Waals surface area contributed by atoms with Crippen LogP contribution in [0.25, 0.3) is 0 Å². The quantitative estimate of drug-likeness (QED) is 0.662. The van der Waals surface area contributed by atoms with Crippen LogP contribution in [0.3, 0.4) is 0 Å². The number of rotatable bonds is 6. The average molecular weight is 452 g/mol. The molecule has 3 aliphatic heterocycles. The highest BCUT2D eigenvalue weighted by Crippen LogP contribution is 2.41. The number of hydrogen-bond acceptors (Lipinski definition) is 7. The standard InChI is InChI=1S/C25H29N3O5/c1-32-20-9-7-17(8-10-20)12-27-23(30)21-11-19(29)14-28(21)25(24(27)31)15-26(16-25)13-18-5-3-4-6-22(18)33-2/h3-10,19,21,29H,11-16H2,1-2H3/t19-,21+/m1/s1. The van der Waals surface area contributed by atoms with E-state index in [0.717, 1.165) is 22.6 Å². The molecule has 1 N–H and O–H groups in total. The lowest BCUT2D eigenvalue weighted by Crippen LogP contribution is -2.81. The molecule has 1 spiro atoms. The van der Waals surface area contributed by atoms with Crippen LogP contribution in [0.2, 0.25) is 0 Å². The average Bonchev–Trinajstić information content (AvgIpc) is 3.20.